The second kappa shape index (κ2) is 24.9. The Kier molecular flexibility index (Phi) is 18.4. The van der Waals surface area contributed by atoms with Crippen LogP contribution < -0.4 is 5.32 Å². The maximum Gasteiger partial charge on any atom is 0.338 e. The first-order valence-electron chi connectivity index (χ1n) is 25.6. The normalized spacial score (nSPS) is 31.2. The van der Waals surface area contributed by atoms with Gasteiger partial charge in [-0.25, -0.2) is 9.59 Å². The van der Waals surface area contributed by atoms with Gasteiger partial charge in [0.05, 0.1) is 41.1 Å². The number of aliphatic hydroxyl groups is 5. The Morgan fingerprint density at radius 3 is 2.42 bits per heavy atom. The van der Waals surface area contributed by atoms with Crippen LogP contribution in [-0.2, 0) is 57.4 Å². The van der Waals surface area contributed by atoms with Gasteiger partial charge in [0.25, 0.3) is 5.69 Å². The van der Waals surface area contributed by atoms with Gasteiger partial charge in [-0.05, 0) is 81.0 Å². The average Bonchev–Trinajstić information content (AvgIpc) is 4.04. The van der Waals surface area contributed by atoms with Crippen molar-refractivity contribution in [3.63, 3.8) is 0 Å². The SMILES string of the molecule is CC1CC(C(=O)NCCCc2cn(CCc3c[nH]c4ccc([N+](=O)[O-])cc34)nn2)C[C@@H](O[C@@H]2OC(CO)[C@H](O)C(O[C@@H](CC3CCCCC3)C(=O)O)C2OC(=O)c2ccccc2)C1O[C@@H]1OC(C)[C@@H](O)C(O)C1O. The summed E-state index contributed by atoms with van der Waals surface area (Å²) in [5.74, 6) is -3.70. The lowest BCUT2D eigenvalue weighted by Crippen LogP contribution is -2.64. The summed E-state index contributed by atoms with van der Waals surface area (Å²) in [6.07, 6.45) is -8.87. The number of hydrogen-bond donors (Lipinski definition) is 8. The van der Waals surface area contributed by atoms with E-state index in [1.54, 1.807) is 41.9 Å². The minimum Gasteiger partial charge on any atom is -0.479 e. The van der Waals surface area contributed by atoms with E-state index in [1.807, 2.05) is 12.4 Å². The fourth-order valence-corrected chi connectivity index (χ4v) is 10.7. The van der Waals surface area contributed by atoms with Gasteiger partial charge in [0, 0.05) is 54.4 Å². The van der Waals surface area contributed by atoms with Crippen molar-refractivity contribution in [2.45, 2.75) is 171 Å². The minimum atomic E-state index is -1.71. The lowest BCUT2D eigenvalue weighted by molar-refractivity contribution is -0.384. The van der Waals surface area contributed by atoms with Crippen molar-refractivity contribution in [3.8, 4) is 0 Å². The molecule has 15 atom stereocenters. The summed E-state index contributed by atoms with van der Waals surface area (Å²) in [5.41, 5.74) is 2.50. The number of rotatable bonds is 21. The van der Waals surface area contributed by atoms with E-state index < -0.39 is 115 Å². The molecule has 0 radical (unpaired) electrons. The number of carboxylic acid groups (broad SMARTS) is 1. The number of fused-ring (bicyclic) bond motifs is 1. The average molecular weight is 1040 g/mol. The summed E-state index contributed by atoms with van der Waals surface area (Å²) in [6.45, 7) is 3.26. The third-order valence-corrected chi connectivity index (χ3v) is 14.9. The van der Waals surface area contributed by atoms with Crippen LogP contribution in [0.5, 0.6) is 0 Å². The number of aryl methyl sites for hydroxylation is 3. The molecule has 4 aromatic rings. The highest BCUT2D eigenvalue weighted by Gasteiger charge is 2.54. The molecule has 74 heavy (non-hydrogen) atoms. The Bertz CT molecular complexity index is 2510. The first-order valence-corrected chi connectivity index (χ1v) is 25.6. The summed E-state index contributed by atoms with van der Waals surface area (Å²) >= 11 is 0. The van der Waals surface area contributed by atoms with Crippen LogP contribution >= 0.6 is 0 Å². The molecule has 0 spiro atoms. The number of nitro groups is 1. The van der Waals surface area contributed by atoms with Crippen LogP contribution in [-0.4, -0.2) is 166 Å². The molecular formula is C51H68N6O17. The number of hydrogen-bond acceptors (Lipinski definition) is 18. The quantitative estimate of drug-likeness (QED) is 0.0257. The van der Waals surface area contributed by atoms with Crippen molar-refractivity contribution >= 4 is 34.4 Å². The van der Waals surface area contributed by atoms with Crippen LogP contribution in [0.2, 0.25) is 0 Å². The van der Waals surface area contributed by atoms with Gasteiger partial charge < -0.3 is 69.4 Å². The molecule has 2 aliphatic heterocycles. The summed E-state index contributed by atoms with van der Waals surface area (Å²) in [6, 6.07) is 12.6. The number of aliphatic carboxylic acids is 1. The molecule has 9 unspecified atom stereocenters. The number of H-pyrrole nitrogens is 1. The second-order valence-electron chi connectivity index (χ2n) is 20.1. The lowest BCUT2D eigenvalue weighted by atomic mass is 9.77. The Morgan fingerprint density at radius 2 is 1.69 bits per heavy atom. The predicted molar refractivity (Wildman–Crippen MR) is 259 cm³/mol. The van der Waals surface area contributed by atoms with E-state index in [4.69, 9.17) is 28.4 Å². The van der Waals surface area contributed by atoms with Crippen molar-refractivity contribution in [1.29, 1.82) is 0 Å². The predicted octanol–water partition coefficient (Wildman–Crippen LogP) is 2.72. The Labute approximate surface area is 426 Å². The van der Waals surface area contributed by atoms with Crippen molar-refractivity contribution in [2.75, 3.05) is 13.2 Å². The number of nitro benzene ring substituents is 1. The number of carbonyl (C=O) groups is 3. The summed E-state index contributed by atoms with van der Waals surface area (Å²) in [7, 11) is 0. The van der Waals surface area contributed by atoms with Crippen molar-refractivity contribution in [2.24, 2.45) is 17.8 Å². The molecular weight excluding hydrogens is 969 g/mol. The van der Waals surface area contributed by atoms with Crippen molar-refractivity contribution < 1.29 is 78.4 Å². The van der Waals surface area contributed by atoms with Gasteiger partial charge in [-0.1, -0.05) is 62.4 Å². The molecule has 23 nitrogen and oxygen atoms in total. The fourth-order valence-electron chi connectivity index (χ4n) is 10.7. The van der Waals surface area contributed by atoms with Crippen molar-refractivity contribution in [3.05, 3.63) is 87.9 Å². The smallest absolute Gasteiger partial charge is 0.338 e. The molecule has 2 aliphatic carbocycles. The Morgan fingerprint density at radius 1 is 0.919 bits per heavy atom. The number of carboxylic acids is 1. The summed E-state index contributed by atoms with van der Waals surface area (Å²) in [5, 5.41) is 88.6. The zero-order valence-corrected chi connectivity index (χ0v) is 41.4. The molecule has 404 valence electrons. The first-order chi connectivity index (χ1) is 35.6. The summed E-state index contributed by atoms with van der Waals surface area (Å²) in [4.78, 5) is 54.8. The number of aromatic nitrogens is 4. The Hall–Kier alpha value is -5.47. The van der Waals surface area contributed by atoms with E-state index in [9.17, 15) is 55.1 Å². The highest BCUT2D eigenvalue weighted by atomic mass is 16.7. The third-order valence-electron chi connectivity index (χ3n) is 14.9. The number of carbonyl (C=O) groups excluding carboxylic acids is 2. The van der Waals surface area contributed by atoms with Crippen LogP contribution in [0.15, 0.2) is 60.9 Å². The number of amides is 1. The largest absolute Gasteiger partial charge is 0.479 e. The molecule has 4 aliphatic rings. The number of non-ortho nitro benzene ring substituents is 1. The minimum absolute atomic E-state index is 0.00357. The molecule has 2 saturated carbocycles. The number of aromatic amines is 1. The van der Waals surface area contributed by atoms with Gasteiger partial charge in [-0.15, -0.1) is 5.10 Å². The van der Waals surface area contributed by atoms with E-state index in [-0.39, 0.29) is 48.9 Å². The first kappa shape index (κ1) is 54.8. The standard InChI is InChI=1S/C51H68N6O17/c1-27-20-32(47(63)52-18-9-14-33-25-56(55-54-33)19-17-31-24-53-36-16-15-34(57(67)68)23-35(31)36)22-37(44(27)74-50-43(62)42(61)40(59)28(2)69-50)71-51-46(73-49(66)30-12-7-4-8-13-30)45(41(60)39(26-58)72-51)70-38(48(64)65)21-29-10-5-3-6-11-29/h4,7-8,12-13,15-16,23-25,27-29,32,37-46,50-51,53,58-62H,3,5-6,9-11,14,17-22,26H2,1-2H3,(H,52,63)(H,64,65)/t27?,28?,32?,37-,38+,39?,40-,41+,42?,43?,44?,45?,46?,50+,51-/m1/s1. The van der Waals surface area contributed by atoms with E-state index in [1.165, 1.54) is 25.1 Å². The van der Waals surface area contributed by atoms with Crippen molar-refractivity contribution in [1.82, 2.24) is 25.3 Å². The highest BCUT2D eigenvalue weighted by Crippen LogP contribution is 2.39. The molecule has 4 fully saturated rings. The molecule has 1 amide bonds. The number of benzene rings is 2. The van der Waals surface area contributed by atoms with Gasteiger partial charge in [0.1, 0.15) is 36.6 Å². The third kappa shape index (κ3) is 13.1. The zero-order valence-electron chi connectivity index (χ0n) is 41.4. The summed E-state index contributed by atoms with van der Waals surface area (Å²) < 4.78 is 39.1. The lowest BCUT2D eigenvalue weighted by Gasteiger charge is -2.48. The Balaban J connectivity index is 0.979. The van der Waals surface area contributed by atoms with E-state index in [0.29, 0.717) is 31.5 Å². The van der Waals surface area contributed by atoms with Crippen LogP contribution in [0.1, 0.15) is 93.3 Å². The maximum atomic E-state index is 14.1. The van der Waals surface area contributed by atoms with Gasteiger partial charge in [0.15, 0.2) is 24.8 Å². The molecule has 2 aromatic heterocycles. The molecule has 4 heterocycles. The van der Waals surface area contributed by atoms with Crippen LogP contribution in [0, 0.1) is 27.9 Å². The van der Waals surface area contributed by atoms with E-state index in [0.717, 1.165) is 48.6 Å². The van der Waals surface area contributed by atoms with E-state index >= 15 is 0 Å². The maximum absolute atomic E-state index is 14.1. The molecule has 2 aromatic carbocycles. The molecule has 0 bridgehead atoms. The number of ether oxygens (including phenoxy) is 6. The number of nitrogens with zero attached hydrogens (tertiary/aromatic N) is 4. The van der Waals surface area contributed by atoms with Gasteiger partial charge in [0.2, 0.25) is 5.91 Å². The monoisotopic (exact) mass is 1040 g/mol. The van der Waals surface area contributed by atoms with E-state index in [2.05, 4.69) is 20.6 Å². The highest BCUT2D eigenvalue weighted by molar-refractivity contribution is 5.89. The second-order valence-corrected chi connectivity index (χ2v) is 20.1. The van der Waals surface area contributed by atoms with Crippen LogP contribution in [0.3, 0.4) is 0 Å². The van der Waals surface area contributed by atoms with Crippen LogP contribution in [0.4, 0.5) is 5.69 Å². The van der Waals surface area contributed by atoms with Gasteiger partial charge in [-0.3, -0.25) is 19.6 Å². The van der Waals surface area contributed by atoms with Crippen LogP contribution in [0.25, 0.3) is 10.9 Å². The molecule has 8 rings (SSSR count). The van der Waals surface area contributed by atoms with Gasteiger partial charge in [-0.2, -0.15) is 0 Å². The number of esters is 1. The van der Waals surface area contributed by atoms with Gasteiger partial charge >= 0.3 is 11.9 Å². The molecule has 2 saturated heterocycles. The molecule has 8 N–H and O–H groups in total. The number of aliphatic hydroxyl groups excluding tert-OH is 5. The molecule has 23 heteroatoms. The topological polar surface area (TPSA) is 330 Å². The fraction of sp³-hybridized carbons (Fsp3) is 0.627. The zero-order chi connectivity index (χ0) is 52.6. The number of nitrogens with one attached hydrogen (secondary N) is 2.